The number of rotatable bonds is 12. The Morgan fingerprint density at radius 3 is 2.21 bits per heavy atom. The van der Waals surface area contributed by atoms with Gasteiger partial charge in [-0.25, -0.2) is 12.8 Å². The van der Waals surface area contributed by atoms with Gasteiger partial charge in [0.05, 0.1) is 11.9 Å². The molecule has 3 aromatic carbocycles. The van der Waals surface area contributed by atoms with Crippen molar-refractivity contribution in [2.45, 2.75) is 45.3 Å². The Morgan fingerprint density at radius 2 is 1.59 bits per heavy atom. The van der Waals surface area contributed by atoms with Crippen LogP contribution in [-0.2, 0) is 32.6 Å². The molecular weight excluding hydrogens is 541 g/mol. The maximum absolute atomic E-state index is 14.7. The van der Waals surface area contributed by atoms with E-state index in [0.717, 1.165) is 22.2 Å². The van der Waals surface area contributed by atoms with Gasteiger partial charge in [0.2, 0.25) is 21.8 Å². The third kappa shape index (κ3) is 8.28. The number of amides is 2. The average Bonchev–Trinajstić information content (AvgIpc) is 2.90. The first-order valence-corrected chi connectivity index (χ1v) is 14.8. The van der Waals surface area contributed by atoms with Crippen molar-refractivity contribution < 1.29 is 22.4 Å². The molecule has 39 heavy (non-hydrogen) atoms. The van der Waals surface area contributed by atoms with Crippen LogP contribution in [0.2, 0.25) is 5.02 Å². The minimum atomic E-state index is -4.06. The highest BCUT2D eigenvalue weighted by atomic mass is 35.5. The van der Waals surface area contributed by atoms with E-state index in [1.807, 2.05) is 44.2 Å². The second kappa shape index (κ2) is 13.6. The third-order valence-corrected chi connectivity index (χ3v) is 7.87. The Hall–Kier alpha value is -3.43. The van der Waals surface area contributed by atoms with Crippen LogP contribution in [-0.4, -0.2) is 50.0 Å². The van der Waals surface area contributed by atoms with Crippen molar-refractivity contribution >= 4 is 39.1 Å². The van der Waals surface area contributed by atoms with Crippen LogP contribution in [0.25, 0.3) is 0 Å². The lowest BCUT2D eigenvalue weighted by atomic mass is 10.0. The summed E-state index contributed by atoms with van der Waals surface area (Å²) in [6.45, 7) is 3.04. The molecule has 3 aromatic rings. The maximum Gasteiger partial charge on any atom is 0.244 e. The summed E-state index contributed by atoms with van der Waals surface area (Å²) >= 11 is 6.42. The van der Waals surface area contributed by atoms with Gasteiger partial charge in [-0.3, -0.25) is 13.9 Å². The van der Waals surface area contributed by atoms with E-state index in [2.05, 4.69) is 5.32 Å². The Bertz CT molecular complexity index is 1390. The predicted octanol–water partition coefficient (Wildman–Crippen LogP) is 4.80. The highest BCUT2D eigenvalue weighted by Gasteiger charge is 2.34. The smallest absolute Gasteiger partial charge is 0.244 e. The minimum absolute atomic E-state index is 0.0567. The van der Waals surface area contributed by atoms with Crippen molar-refractivity contribution in [2.75, 3.05) is 17.1 Å². The molecule has 2 atom stereocenters. The van der Waals surface area contributed by atoms with E-state index in [0.29, 0.717) is 17.0 Å². The van der Waals surface area contributed by atoms with Crippen molar-refractivity contribution in [1.82, 2.24) is 10.2 Å². The first-order chi connectivity index (χ1) is 18.5. The maximum atomic E-state index is 14.7. The Labute approximate surface area is 234 Å². The van der Waals surface area contributed by atoms with Crippen molar-refractivity contribution in [2.24, 2.45) is 0 Å². The molecule has 0 heterocycles. The lowest BCUT2D eigenvalue weighted by Crippen LogP contribution is -2.54. The first-order valence-electron chi connectivity index (χ1n) is 12.6. The van der Waals surface area contributed by atoms with Gasteiger partial charge in [-0.05, 0) is 42.7 Å². The van der Waals surface area contributed by atoms with Crippen molar-refractivity contribution in [3.63, 3.8) is 0 Å². The SMILES string of the molecule is CCC(C)NC(=O)C(Cc1ccccc1)N(Cc1ccccc1Cl)C(=O)CN(c1ccccc1F)S(C)(=O)=O. The summed E-state index contributed by atoms with van der Waals surface area (Å²) in [7, 11) is -4.06. The van der Waals surface area contributed by atoms with E-state index in [1.165, 1.54) is 23.1 Å². The van der Waals surface area contributed by atoms with Crippen LogP contribution in [0.4, 0.5) is 10.1 Å². The van der Waals surface area contributed by atoms with E-state index >= 15 is 0 Å². The highest BCUT2D eigenvalue weighted by molar-refractivity contribution is 7.92. The van der Waals surface area contributed by atoms with Gasteiger partial charge in [-0.1, -0.05) is 79.2 Å². The molecule has 0 radical (unpaired) electrons. The molecule has 0 aliphatic heterocycles. The minimum Gasteiger partial charge on any atom is -0.352 e. The van der Waals surface area contributed by atoms with Gasteiger partial charge < -0.3 is 10.2 Å². The van der Waals surface area contributed by atoms with E-state index < -0.39 is 34.3 Å². The monoisotopic (exact) mass is 573 g/mol. The Balaban J connectivity index is 2.08. The molecule has 10 heteroatoms. The molecule has 0 aliphatic rings. The summed E-state index contributed by atoms with van der Waals surface area (Å²) in [6, 6.07) is 20.3. The molecule has 0 aliphatic carbocycles. The number of carbonyl (C=O) groups is 2. The number of nitrogens with zero attached hydrogens (tertiary/aromatic N) is 2. The van der Waals surface area contributed by atoms with Gasteiger partial charge in [0.25, 0.3) is 0 Å². The molecule has 2 amide bonds. The second-order valence-electron chi connectivity index (χ2n) is 9.36. The number of halogens is 2. The van der Waals surface area contributed by atoms with E-state index in [-0.39, 0.29) is 30.6 Å². The standard InChI is InChI=1S/C29H33ClFN3O4S/c1-4-21(2)32-29(36)27(18-22-12-6-5-7-13-22)33(19-23-14-8-9-15-24(23)30)28(35)20-34(39(3,37)38)26-17-11-10-16-25(26)31/h5-17,21,27H,4,18-20H2,1-3H3,(H,32,36). The fourth-order valence-corrected chi connectivity index (χ4v) is 5.10. The normalized spacial score (nSPS) is 12.8. The zero-order valence-corrected chi connectivity index (χ0v) is 23.8. The first kappa shape index (κ1) is 30.1. The van der Waals surface area contributed by atoms with Crippen LogP contribution in [0.15, 0.2) is 78.9 Å². The molecule has 3 rings (SSSR count). The molecule has 0 aromatic heterocycles. The third-order valence-electron chi connectivity index (χ3n) is 6.37. The molecule has 0 spiro atoms. The van der Waals surface area contributed by atoms with Crippen molar-refractivity contribution in [3.8, 4) is 0 Å². The molecule has 0 fully saturated rings. The number of hydrogen-bond donors (Lipinski definition) is 1. The number of carbonyl (C=O) groups excluding carboxylic acids is 2. The van der Waals surface area contributed by atoms with Gasteiger partial charge in [-0.2, -0.15) is 0 Å². The molecule has 2 unspecified atom stereocenters. The number of hydrogen-bond acceptors (Lipinski definition) is 4. The fraction of sp³-hybridized carbons (Fsp3) is 0.310. The predicted molar refractivity (Wildman–Crippen MR) is 152 cm³/mol. The molecule has 208 valence electrons. The molecule has 7 nitrogen and oxygen atoms in total. The lowest BCUT2D eigenvalue weighted by Gasteiger charge is -2.34. The molecular formula is C29H33ClFN3O4S. The van der Waals surface area contributed by atoms with E-state index in [1.54, 1.807) is 24.3 Å². The molecule has 0 saturated heterocycles. The number of nitrogens with one attached hydrogen (secondary N) is 1. The molecule has 0 bridgehead atoms. The summed E-state index contributed by atoms with van der Waals surface area (Å²) in [4.78, 5) is 28.9. The van der Waals surface area contributed by atoms with E-state index in [4.69, 9.17) is 11.6 Å². The number of sulfonamides is 1. The highest BCUT2D eigenvalue weighted by Crippen LogP contribution is 2.24. The average molecular weight is 574 g/mol. The molecule has 1 N–H and O–H groups in total. The zero-order chi connectivity index (χ0) is 28.6. The Morgan fingerprint density at radius 1 is 0.974 bits per heavy atom. The van der Waals surface area contributed by atoms with Crippen LogP contribution < -0.4 is 9.62 Å². The van der Waals surface area contributed by atoms with Crippen molar-refractivity contribution in [3.05, 3.63) is 101 Å². The summed E-state index contributed by atoms with van der Waals surface area (Å²) in [5.41, 5.74) is 1.14. The van der Waals surface area contributed by atoms with Crippen LogP contribution in [0.5, 0.6) is 0 Å². The van der Waals surface area contributed by atoms with Gasteiger partial charge in [0, 0.05) is 24.0 Å². The summed E-state index contributed by atoms with van der Waals surface area (Å²) < 4.78 is 40.8. The number of para-hydroxylation sites is 1. The topological polar surface area (TPSA) is 86.8 Å². The number of anilines is 1. The van der Waals surface area contributed by atoms with Gasteiger partial charge in [-0.15, -0.1) is 0 Å². The molecule has 0 saturated carbocycles. The van der Waals surface area contributed by atoms with Crippen LogP contribution >= 0.6 is 11.6 Å². The summed E-state index contributed by atoms with van der Waals surface area (Å²) in [5, 5.41) is 3.35. The van der Waals surface area contributed by atoms with Crippen LogP contribution in [0, 0.1) is 5.82 Å². The van der Waals surface area contributed by atoms with E-state index in [9.17, 15) is 22.4 Å². The largest absolute Gasteiger partial charge is 0.352 e. The van der Waals surface area contributed by atoms with Crippen molar-refractivity contribution in [1.29, 1.82) is 0 Å². The summed E-state index contributed by atoms with van der Waals surface area (Å²) in [5.74, 6) is -1.85. The van der Waals surface area contributed by atoms with Gasteiger partial charge >= 0.3 is 0 Å². The lowest BCUT2D eigenvalue weighted by molar-refractivity contribution is -0.140. The van der Waals surface area contributed by atoms with Crippen LogP contribution in [0.1, 0.15) is 31.4 Å². The quantitative estimate of drug-likeness (QED) is 0.337. The van der Waals surface area contributed by atoms with Gasteiger partial charge in [0.15, 0.2) is 0 Å². The summed E-state index contributed by atoms with van der Waals surface area (Å²) in [6.07, 6.45) is 1.76. The number of benzene rings is 3. The van der Waals surface area contributed by atoms with Crippen LogP contribution in [0.3, 0.4) is 0 Å². The zero-order valence-electron chi connectivity index (χ0n) is 22.2. The Kier molecular flexibility index (Phi) is 10.5. The van der Waals surface area contributed by atoms with Gasteiger partial charge in [0.1, 0.15) is 18.4 Å². The second-order valence-corrected chi connectivity index (χ2v) is 11.7. The fourth-order valence-electron chi connectivity index (χ4n) is 4.05.